The Morgan fingerprint density at radius 2 is 1.86 bits per heavy atom. The van der Waals surface area contributed by atoms with Gasteiger partial charge in [-0.15, -0.1) is 0 Å². The highest BCUT2D eigenvalue weighted by atomic mass is 35.5. The fourth-order valence-corrected chi connectivity index (χ4v) is 4.62. The highest BCUT2D eigenvalue weighted by molar-refractivity contribution is 6.31. The zero-order valence-corrected chi connectivity index (χ0v) is 18.0. The molecule has 1 atom stereocenters. The van der Waals surface area contributed by atoms with Gasteiger partial charge in [-0.25, -0.2) is 0 Å². The molecule has 3 nitrogen and oxygen atoms in total. The molecule has 3 rings (SSSR count). The molecule has 0 aliphatic carbocycles. The quantitative estimate of drug-likeness (QED) is 0.580. The summed E-state index contributed by atoms with van der Waals surface area (Å²) in [6, 6.07) is 16.5. The van der Waals surface area contributed by atoms with E-state index in [1.54, 1.807) is 7.11 Å². The molecule has 1 aliphatic rings. The molecule has 1 saturated heterocycles. The fraction of sp³-hybridized carbons (Fsp3) is 0.500. The largest absolute Gasteiger partial charge is 0.497 e. The highest BCUT2D eigenvalue weighted by Crippen LogP contribution is 2.44. The lowest BCUT2D eigenvalue weighted by atomic mass is 9.68. The Bertz CT molecular complexity index is 759. The van der Waals surface area contributed by atoms with Crippen LogP contribution in [0.4, 0.5) is 0 Å². The highest BCUT2D eigenvalue weighted by Gasteiger charge is 2.40. The summed E-state index contributed by atoms with van der Waals surface area (Å²) in [5.74, 6) is 0.895. The molecule has 2 aromatic carbocycles. The molecule has 0 bridgehead atoms. The monoisotopic (exact) mass is 401 g/mol. The number of benzene rings is 2. The molecular formula is C24H32ClNO2. The Balaban J connectivity index is 1.63. The number of halogens is 1. The maximum atomic E-state index is 6.49. The molecule has 0 amide bonds. The van der Waals surface area contributed by atoms with Crippen molar-refractivity contribution in [1.82, 2.24) is 5.32 Å². The van der Waals surface area contributed by atoms with Gasteiger partial charge in [0.2, 0.25) is 0 Å². The summed E-state index contributed by atoms with van der Waals surface area (Å²) in [6.07, 6.45) is 4.24. The smallest absolute Gasteiger partial charge is 0.118 e. The van der Waals surface area contributed by atoms with Gasteiger partial charge in [0.25, 0.3) is 0 Å². The van der Waals surface area contributed by atoms with Crippen molar-refractivity contribution in [2.75, 3.05) is 20.3 Å². The molecule has 1 fully saturated rings. The van der Waals surface area contributed by atoms with Crippen LogP contribution in [0, 0.1) is 5.41 Å². The second-order valence-electron chi connectivity index (χ2n) is 8.58. The number of methoxy groups -OCH3 is 1. The lowest BCUT2D eigenvalue weighted by Crippen LogP contribution is -2.43. The van der Waals surface area contributed by atoms with Crippen molar-refractivity contribution in [3.8, 4) is 5.75 Å². The second kappa shape index (κ2) is 9.30. The van der Waals surface area contributed by atoms with Crippen LogP contribution in [0.5, 0.6) is 5.75 Å². The fourth-order valence-electron chi connectivity index (χ4n) is 4.41. The van der Waals surface area contributed by atoms with Crippen molar-refractivity contribution in [3.05, 3.63) is 64.7 Å². The lowest BCUT2D eigenvalue weighted by Gasteiger charge is -2.45. The van der Waals surface area contributed by atoms with Crippen LogP contribution in [0.25, 0.3) is 0 Å². The van der Waals surface area contributed by atoms with E-state index < -0.39 is 0 Å². The van der Waals surface area contributed by atoms with E-state index in [2.05, 4.69) is 43.4 Å². The summed E-state index contributed by atoms with van der Waals surface area (Å²) < 4.78 is 11.3. The number of rotatable bonds is 8. The van der Waals surface area contributed by atoms with Crippen LogP contribution in [0.3, 0.4) is 0 Å². The van der Waals surface area contributed by atoms with Gasteiger partial charge < -0.3 is 14.8 Å². The van der Waals surface area contributed by atoms with E-state index in [0.29, 0.717) is 0 Å². The van der Waals surface area contributed by atoms with Gasteiger partial charge in [0.05, 0.1) is 12.7 Å². The molecule has 0 aromatic heterocycles. The maximum Gasteiger partial charge on any atom is 0.118 e. The van der Waals surface area contributed by atoms with Crippen molar-refractivity contribution in [2.45, 2.75) is 51.7 Å². The van der Waals surface area contributed by atoms with E-state index in [0.717, 1.165) is 56.2 Å². The third kappa shape index (κ3) is 5.73. The molecular weight excluding hydrogens is 370 g/mol. The van der Waals surface area contributed by atoms with Crippen molar-refractivity contribution < 1.29 is 9.47 Å². The minimum absolute atomic E-state index is 0.0878. The average molecular weight is 402 g/mol. The third-order valence-corrected chi connectivity index (χ3v) is 6.14. The topological polar surface area (TPSA) is 30.5 Å². The van der Waals surface area contributed by atoms with E-state index in [-0.39, 0.29) is 11.0 Å². The average Bonchev–Trinajstić information content (AvgIpc) is 2.67. The SMILES string of the molecule is COc1ccc(CNCC[C@@]2(Cc3ccccc3Cl)CCOC(C)(C)C2)cc1. The first-order valence-corrected chi connectivity index (χ1v) is 10.5. The molecule has 0 spiro atoms. The van der Waals surface area contributed by atoms with Crippen molar-refractivity contribution in [2.24, 2.45) is 5.41 Å². The predicted molar refractivity (Wildman–Crippen MR) is 116 cm³/mol. The lowest BCUT2D eigenvalue weighted by molar-refractivity contribution is -0.107. The van der Waals surface area contributed by atoms with Gasteiger partial charge in [-0.2, -0.15) is 0 Å². The van der Waals surface area contributed by atoms with E-state index in [1.807, 2.05) is 24.3 Å². The maximum absolute atomic E-state index is 6.49. The van der Waals surface area contributed by atoms with Crippen LogP contribution in [0.2, 0.25) is 5.02 Å². The molecule has 2 aromatic rings. The summed E-state index contributed by atoms with van der Waals surface area (Å²) in [6.45, 7) is 7.07. The number of ether oxygens (including phenoxy) is 2. The van der Waals surface area contributed by atoms with Crippen LogP contribution in [0.15, 0.2) is 48.5 Å². The van der Waals surface area contributed by atoms with Gasteiger partial charge in [0.15, 0.2) is 0 Å². The molecule has 4 heteroatoms. The summed E-state index contributed by atoms with van der Waals surface area (Å²) in [5.41, 5.74) is 2.64. The van der Waals surface area contributed by atoms with Crippen LogP contribution >= 0.6 is 11.6 Å². The molecule has 0 unspecified atom stereocenters. The van der Waals surface area contributed by atoms with Gasteiger partial charge in [-0.1, -0.05) is 41.9 Å². The summed E-state index contributed by atoms with van der Waals surface area (Å²) in [4.78, 5) is 0. The molecule has 1 heterocycles. The van der Waals surface area contributed by atoms with Crippen LogP contribution in [-0.4, -0.2) is 25.9 Å². The Morgan fingerprint density at radius 1 is 1.11 bits per heavy atom. The van der Waals surface area contributed by atoms with E-state index in [4.69, 9.17) is 21.1 Å². The van der Waals surface area contributed by atoms with Crippen LogP contribution in [-0.2, 0) is 17.7 Å². The first-order chi connectivity index (χ1) is 13.4. The van der Waals surface area contributed by atoms with Crippen molar-refractivity contribution >= 4 is 11.6 Å². The first-order valence-electron chi connectivity index (χ1n) is 10.1. The van der Waals surface area contributed by atoms with Crippen LogP contribution < -0.4 is 10.1 Å². The second-order valence-corrected chi connectivity index (χ2v) is 8.99. The first kappa shape index (κ1) is 21.2. The van der Waals surface area contributed by atoms with Crippen LogP contribution in [0.1, 0.15) is 44.2 Å². The summed E-state index contributed by atoms with van der Waals surface area (Å²) >= 11 is 6.49. The van der Waals surface area contributed by atoms with E-state index in [9.17, 15) is 0 Å². The summed E-state index contributed by atoms with van der Waals surface area (Å²) in [5, 5.41) is 4.50. The Kier molecular flexibility index (Phi) is 7.03. The minimum Gasteiger partial charge on any atom is -0.497 e. The zero-order chi connectivity index (χ0) is 20.0. The third-order valence-electron chi connectivity index (χ3n) is 5.77. The Labute approximate surface area is 174 Å². The number of hydrogen-bond donors (Lipinski definition) is 1. The normalized spacial score (nSPS) is 21.4. The molecule has 1 aliphatic heterocycles. The molecule has 0 radical (unpaired) electrons. The zero-order valence-electron chi connectivity index (χ0n) is 17.3. The van der Waals surface area contributed by atoms with Crippen molar-refractivity contribution in [3.63, 3.8) is 0 Å². The molecule has 152 valence electrons. The predicted octanol–water partition coefficient (Wildman–Crippen LogP) is 5.65. The van der Waals surface area contributed by atoms with Gasteiger partial charge in [0.1, 0.15) is 5.75 Å². The Hall–Kier alpha value is -1.55. The standard InChI is InChI=1S/C24H32ClNO2/c1-23(2)18-24(13-15-28-23,16-20-6-4-5-7-22(20)25)12-14-26-17-19-8-10-21(27-3)11-9-19/h4-11,26H,12-18H2,1-3H3/t24-/m0/s1. The van der Waals surface area contributed by atoms with E-state index >= 15 is 0 Å². The van der Waals surface area contributed by atoms with Gasteiger partial charge in [-0.05, 0) is 80.8 Å². The number of nitrogens with one attached hydrogen (secondary N) is 1. The Morgan fingerprint density at radius 3 is 2.54 bits per heavy atom. The minimum atomic E-state index is -0.0878. The van der Waals surface area contributed by atoms with Gasteiger partial charge in [-0.3, -0.25) is 0 Å². The molecule has 0 saturated carbocycles. The van der Waals surface area contributed by atoms with Crippen molar-refractivity contribution in [1.29, 1.82) is 0 Å². The molecule has 1 N–H and O–H groups in total. The van der Waals surface area contributed by atoms with Gasteiger partial charge >= 0.3 is 0 Å². The number of hydrogen-bond acceptors (Lipinski definition) is 3. The molecule has 28 heavy (non-hydrogen) atoms. The van der Waals surface area contributed by atoms with E-state index in [1.165, 1.54) is 11.1 Å². The van der Waals surface area contributed by atoms with Gasteiger partial charge in [0, 0.05) is 18.2 Å². The summed E-state index contributed by atoms with van der Waals surface area (Å²) in [7, 11) is 1.70.